The molecule has 2 amide bonds. The van der Waals surface area contributed by atoms with E-state index in [0.717, 1.165) is 11.1 Å². The van der Waals surface area contributed by atoms with Crippen molar-refractivity contribution in [3.05, 3.63) is 70.8 Å². The van der Waals surface area contributed by atoms with Gasteiger partial charge in [-0.2, -0.15) is 0 Å². The van der Waals surface area contributed by atoms with E-state index >= 15 is 0 Å². The molecule has 0 heterocycles. The Labute approximate surface area is 147 Å². The molecule has 3 N–H and O–H groups in total. The lowest BCUT2D eigenvalue weighted by atomic mass is 10.1. The lowest BCUT2D eigenvalue weighted by Gasteiger charge is -2.04. The fourth-order valence-electron chi connectivity index (χ4n) is 2.09. The van der Waals surface area contributed by atoms with Gasteiger partial charge in [0.1, 0.15) is 0 Å². The quantitative estimate of drug-likeness (QED) is 0.340. The first-order chi connectivity index (χ1) is 12.1. The summed E-state index contributed by atoms with van der Waals surface area (Å²) < 4.78 is 0. The number of carbonyl (C=O) groups is 2. The molecule has 0 aliphatic rings. The first-order valence-corrected chi connectivity index (χ1v) is 7.98. The number of benzene rings is 2. The van der Waals surface area contributed by atoms with Crippen LogP contribution in [0.1, 0.15) is 39.9 Å². The molecule has 0 saturated heterocycles. The van der Waals surface area contributed by atoms with E-state index in [1.807, 2.05) is 31.2 Å². The Bertz CT molecular complexity index is 784. The van der Waals surface area contributed by atoms with E-state index in [4.69, 9.17) is 5.21 Å². The summed E-state index contributed by atoms with van der Waals surface area (Å²) in [5.74, 6) is 5.48. The van der Waals surface area contributed by atoms with E-state index in [1.165, 1.54) is 5.56 Å². The number of hydroxylamine groups is 1. The van der Waals surface area contributed by atoms with E-state index in [0.29, 0.717) is 18.5 Å². The van der Waals surface area contributed by atoms with E-state index in [9.17, 15) is 9.59 Å². The number of carbonyl (C=O) groups excluding carboxylic acids is 2. The van der Waals surface area contributed by atoms with Crippen LogP contribution >= 0.6 is 0 Å². The Balaban J connectivity index is 1.88. The number of rotatable bonds is 5. The van der Waals surface area contributed by atoms with E-state index < -0.39 is 5.91 Å². The molecule has 0 bridgehead atoms. The van der Waals surface area contributed by atoms with Gasteiger partial charge in [0.05, 0.1) is 0 Å². The predicted molar refractivity (Wildman–Crippen MR) is 95.1 cm³/mol. The summed E-state index contributed by atoms with van der Waals surface area (Å²) in [6.45, 7) is 2.39. The smallest absolute Gasteiger partial charge is 0.251 e. The van der Waals surface area contributed by atoms with Crippen molar-refractivity contribution in [2.45, 2.75) is 19.8 Å². The molecule has 0 unspecified atom stereocenters. The summed E-state index contributed by atoms with van der Waals surface area (Å²) in [6.07, 6.45) is 0.614. The summed E-state index contributed by atoms with van der Waals surface area (Å²) in [4.78, 5) is 22.8. The van der Waals surface area contributed by atoms with Gasteiger partial charge in [0.2, 0.25) is 5.91 Å². The van der Waals surface area contributed by atoms with E-state index in [1.54, 1.807) is 29.7 Å². The van der Waals surface area contributed by atoms with Crippen molar-refractivity contribution >= 4 is 11.8 Å². The fraction of sp³-hybridized carbons (Fsp3) is 0.200. The van der Waals surface area contributed by atoms with E-state index in [2.05, 4.69) is 17.2 Å². The van der Waals surface area contributed by atoms with Crippen LogP contribution in [-0.4, -0.2) is 23.6 Å². The Kier molecular flexibility index (Phi) is 6.76. The van der Waals surface area contributed by atoms with Crippen LogP contribution in [0.25, 0.3) is 0 Å². The topological polar surface area (TPSA) is 78.4 Å². The molecular weight excluding hydrogens is 316 g/mol. The molecule has 0 aliphatic heterocycles. The van der Waals surface area contributed by atoms with Crippen LogP contribution in [0.2, 0.25) is 0 Å². The molecule has 0 atom stereocenters. The molecule has 0 fully saturated rings. The second-order valence-electron chi connectivity index (χ2n) is 5.59. The minimum atomic E-state index is -0.467. The molecule has 25 heavy (non-hydrogen) atoms. The van der Waals surface area contributed by atoms with Crippen LogP contribution in [0, 0.1) is 18.8 Å². The second-order valence-corrected chi connectivity index (χ2v) is 5.59. The van der Waals surface area contributed by atoms with Gasteiger partial charge in [-0.3, -0.25) is 14.8 Å². The van der Waals surface area contributed by atoms with Gasteiger partial charge in [-0.1, -0.05) is 29.5 Å². The number of hydrogen-bond donors (Lipinski definition) is 3. The summed E-state index contributed by atoms with van der Waals surface area (Å²) in [5, 5.41) is 11.1. The Morgan fingerprint density at radius 2 is 1.52 bits per heavy atom. The van der Waals surface area contributed by atoms with Crippen molar-refractivity contribution in [2.24, 2.45) is 0 Å². The second kappa shape index (κ2) is 9.26. The summed E-state index contributed by atoms with van der Waals surface area (Å²) in [6, 6.07) is 15.0. The third kappa shape index (κ3) is 6.13. The van der Waals surface area contributed by atoms with Gasteiger partial charge in [-0.15, -0.1) is 0 Å². The van der Waals surface area contributed by atoms with Gasteiger partial charge in [-0.05, 0) is 49.7 Å². The summed E-state index contributed by atoms with van der Waals surface area (Å²) in [7, 11) is 0. The standard InChI is InChI=1S/C20H20N2O3/c1-15-4-6-16(7-5-15)8-9-17-10-12-18(13-11-17)20(24)21-14-2-3-19(23)22-25/h4-7,10-13,25H,2-3,14H2,1H3,(H,21,24)(H,22,23). The molecule has 0 aromatic heterocycles. The highest BCUT2D eigenvalue weighted by Gasteiger charge is 2.05. The minimum absolute atomic E-state index is 0.157. The number of nitrogens with one attached hydrogen (secondary N) is 2. The SMILES string of the molecule is Cc1ccc(C#Cc2ccc(C(=O)NCCCC(=O)NO)cc2)cc1. The fourth-order valence-corrected chi connectivity index (χ4v) is 2.09. The zero-order valence-corrected chi connectivity index (χ0v) is 14.0. The lowest BCUT2D eigenvalue weighted by molar-refractivity contribution is -0.129. The van der Waals surface area contributed by atoms with Crippen molar-refractivity contribution in [1.29, 1.82) is 0 Å². The molecule has 128 valence electrons. The molecular formula is C20H20N2O3. The maximum absolute atomic E-state index is 12.0. The normalized spacial score (nSPS) is 9.68. The van der Waals surface area contributed by atoms with Crippen LogP contribution in [0.5, 0.6) is 0 Å². The van der Waals surface area contributed by atoms with Crippen molar-refractivity contribution in [1.82, 2.24) is 10.8 Å². The maximum Gasteiger partial charge on any atom is 0.251 e. The van der Waals surface area contributed by atoms with Crippen molar-refractivity contribution in [3.63, 3.8) is 0 Å². The Morgan fingerprint density at radius 1 is 0.960 bits per heavy atom. The predicted octanol–water partition coefficient (Wildman–Crippen LogP) is 2.41. The molecule has 2 aromatic carbocycles. The van der Waals surface area contributed by atoms with Crippen LogP contribution in [0.3, 0.4) is 0 Å². The highest BCUT2D eigenvalue weighted by atomic mass is 16.5. The average Bonchev–Trinajstić information content (AvgIpc) is 2.64. The highest BCUT2D eigenvalue weighted by molar-refractivity contribution is 5.94. The Morgan fingerprint density at radius 3 is 2.08 bits per heavy atom. The van der Waals surface area contributed by atoms with Gasteiger partial charge in [0, 0.05) is 29.7 Å². The summed E-state index contributed by atoms with van der Waals surface area (Å²) in [5.41, 5.74) is 5.05. The zero-order valence-electron chi connectivity index (χ0n) is 14.0. The summed E-state index contributed by atoms with van der Waals surface area (Å²) >= 11 is 0. The highest BCUT2D eigenvalue weighted by Crippen LogP contribution is 2.05. The largest absolute Gasteiger partial charge is 0.352 e. The molecule has 0 radical (unpaired) electrons. The third-order valence-corrected chi connectivity index (χ3v) is 3.54. The third-order valence-electron chi connectivity index (χ3n) is 3.54. The molecule has 0 aliphatic carbocycles. The molecule has 0 spiro atoms. The molecule has 5 nitrogen and oxygen atoms in total. The molecule has 5 heteroatoms. The van der Waals surface area contributed by atoms with Crippen LogP contribution in [0.4, 0.5) is 0 Å². The van der Waals surface area contributed by atoms with Crippen LogP contribution in [-0.2, 0) is 4.79 Å². The van der Waals surface area contributed by atoms with Crippen molar-refractivity contribution < 1.29 is 14.8 Å². The van der Waals surface area contributed by atoms with Gasteiger partial charge in [0.25, 0.3) is 5.91 Å². The maximum atomic E-state index is 12.0. The van der Waals surface area contributed by atoms with Crippen LogP contribution < -0.4 is 10.8 Å². The molecule has 0 saturated carbocycles. The zero-order chi connectivity index (χ0) is 18.1. The van der Waals surface area contributed by atoms with E-state index in [-0.39, 0.29) is 12.3 Å². The van der Waals surface area contributed by atoms with Gasteiger partial charge in [-0.25, -0.2) is 5.48 Å². The average molecular weight is 336 g/mol. The van der Waals surface area contributed by atoms with Gasteiger partial charge in [0.15, 0.2) is 0 Å². The van der Waals surface area contributed by atoms with Gasteiger partial charge < -0.3 is 5.32 Å². The minimum Gasteiger partial charge on any atom is -0.352 e. The molecule has 2 rings (SSSR count). The van der Waals surface area contributed by atoms with Gasteiger partial charge >= 0.3 is 0 Å². The molecule has 2 aromatic rings. The first-order valence-electron chi connectivity index (χ1n) is 7.98. The lowest BCUT2D eigenvalue weighted by Crippen LogP contribution is -2.26. The number of hydrogen-bond acceptors (Lipinski definition) is 3. The van der Waals surface area contributed by atoms with Crippen molar-refractivity contribution in [3.8, 4) is 11.8 Å². The first kappa shape index (κ1) is 18.2. The monoisotopic (exact) mass is 336 g/mol. The number of amides is 2. The Hall–Kier alpha value is -3.10. The van der Waals surface area contributed by atoms with Crippen molar-refractivity contribution in [2.75, 3.05) is 6.54 Å². The number of aryl methyl sites for hydroxylation is 1. The van der Waals surface area contributed by atoms with Crippen LogP contribution in [0.15, 0.2) is 48.5 Å².